The molecule has 0 aliphatic carbocycles. The highest BCUT2D eigenvalue weighted by Gasteiger charge is 1.74. The maximum Gasteiger partial charge on any atom is 0.0174 e. The first kappa shape index (κ1) is 7.41. The Labute approximate surface area is 50.9 Å². The summed E-state index contributed by atoms with van der Waals surface area (Å²) in [6.07, 6.45) is 8.71. The van der Waals surface area contributed by atoms with Crippen molar-refractivity contribution in [2.24, 2.45) is 0 Å². The largest absolute Gasteiger partial charge is 0.309 e. The van der Waals surface area contributed by atoms with E-state index in [1.165, 1.54) is 19.1 Å². The van der Waals surface area contributed by atoms with Crippen LogP contribution in [-0.4, -0.2) is 6.21 Å². The van der Waals surface area contributed by atoms with Crippen molar-refractivity contribution >= 4 is 6.21 Å². The van der Waals surface area contributed by atoms with Gasteiger partial charge in [0.05, 0.1) is 0 Å². The van der Waals surface area contributed by atoms with Gasteiger partial charge in [0.25, 0.3) is 0 Å². The van der Waals surface area contributed by atoms with E-state index in [1.807, 2.05) is 6.08 Å². The fraction of sp³-hybridized carbons (Fsp3) is 0.571. The molecule has 0 bridgehead atoms. The number of hydrogen-bond donors (Lipinski definition) is 1. The summed E-state index contributed by atoms with van der Waals surface area (Å²) in [5, 5.41) is 6.63. The Hall–Kier alpha value is -0.590. The normalized spacial score (nSPS) is 10.1. The third kappa shape index (κ3) is 5.41. The third-order valence-electron chi connectivity index (χ3n) is 0.957. The molecule has 8 heavy (non-hydrogen) atoms. The summed E-state index contributed by atoms with van der Waals surface area (Å²) in [5.74, 6) is 0. The fourth-order valence-electron chi connectivity index (χ4n) is 0.486. The van der Waals surface area contributed by atoms with Gasteiger partial charge < -0.3 is 5.41 Å². The van der Waals surface area contributed by atoms with Gasteiger partial charge in [0.1, 0.15) is 0 Å². The lowest BCUT2D eigenvalue weighted by atomic mass is 10.2. The summed E-state index contributed by atoms with van der Waals surface area (Å²) in [7, 11) is 0. The van der Waals surface area contributed by atoms with Crippen molar-refractivity contribution < 1.29 is 0 Å². The van der Waals surface area contributed by atoms with Crippen LogP contribution in [0.5, 0.6) is 0 Å². The molecule has 0 saturated heterocycles. The quantitative estimate of drug-likeness (QED) is 0.425. The molecule has 0 aliphatic heterocycles. The van der Waals surface area contributed by atoms with Gasteiger partial charge in [-0.15, -0.1) is 0 Å². The van der Waals surface area contributed by atoms with Crippen molar-refractivity contribution in [1.82, 2.24) is 0 Å². The Morgan fingerprint density at radius 2 is 2.25 bits per heavy atom. The molecule has 0 saturated carbocycles. The van der Waals surface area contributed by atoms with Crippen LogP contribution in [0.1, 0.15) is 26.2 Å². The molecule has 46 valence electrons. The van der Waals surface area contributed by atoms with E-state index in [0.29, 0.717) is 0 Å². The Kier molecular flexibility index (Phi) is 5.94. The number of unbranched alkanes of at least 4 members (excludes halogenated alkanes) is 2. The van der Waals surface area contributed by atoms with Gasteiger partial charge in [-0.1, -0.05) is 25.8 Å². The molecule has 0 amide bonds. The summed E-state index contributed by atoms with van der Waals surface area (Å²) in [6.45, 7) is 2.16. The van der Waals surface area contributed by atoms with Gasteiger partial charge >= 0.3 is 0 Å². The number of allylic oxidation sites excluding steroid dienone is 2. The monoisotopic (exact) mass is 111 g/mol. The highest BCUT2D eigenvalue weighted by atomic mass is 14.3. The van der Waals surface area contributed by atoms with E-state index < -0.39 is 0 Å². The van der Waals surface area contributed by atoms with Crippen molar-refractivity contribution in [2.45, 2.75) is 26.2 Å². The third-order valence-corrected chi connectivity index (χ3v) is 0.957. The average molecular weight is 111 g/mol. The molecule has 0 aromatic rings. The van der Waals surface area contributed by atoms with Crippen LogP contribution >= 0.6 is 0 Å². The minimum absolute atomic E-state index is 1.12. The number of nitrogens with one attached hydrogen (secondary N) is 1. The number of hydrogen-bond acceptors (Lipinski definition) is 1. The molecule has 0 aliphatic rings. The first-order valence-electron chi connectivity index (χ1n) is 3.07. The average Bonchev–Trinajstić information content (AvgIpc) is 1.81. The zero-order valence-corrected chi connectivity index (χ0v) is 5.35. The number of rotatable bonds is 4. The molecule has 0 fully saturated rings. The summed E-state index contributed by atoms with van der Waals surface area (Å²) in [5.41, 5.74) is 0. The molecular formula is C7H13N. The van der Waals surface area contributed by atoms with Crippen LogP contribution < -0.4 is 0 Å². The molecule has 1 nitrogen and oxygen atoms in total. The Balaban J connectivity index is 2.91. The van der Waals surface area contributed by atoms with Crippen LogP contribution in [0.15, 0.2) is 12.2 Å². The molecule has 0 unspecified atom stereocenters. The maximum absolute atomic E-state index is 6.63. The lowest BCUT2D eigenvalue weighted by Gasteiger charge is -1.84. The van der Waals surface area contributed by atoms with Crippen LogP contribution in [0.25, 0.3) is 0 Å². The van der Waals surface area contributed by atoms with Gasteiger partial charge in [-0.2, -0.15) is 0 Å². The van der Waals surface area contributed by atoms with Crippen molar-refractivity contribution in [3.8, 4) is 0 Å². The van der Waals surface area contributed by atoms with Gasteiger partial charge in [0.2, 0.25) is 0 Å². The van der Waals surface area contributed by atoms with E-state index in [4.69, 9.17) is 5.41 Å². The molecule has 0 heterocycles. The van der Waals surface area contributed by atoms with Crippen molar-refractivity contribution in [1.29, 1.82) is 5.41 Å². The second-order valence-corrected chi connectivity index (χ2v) is 1.74. The van der Waals surface area contributed by atoms with E-state index >= 15 is 0 Å². The van der Waals surface area contributed by atoms with Gasteiger partial charge in [-0.05, 0) is 12.5 Å². The second kappa shape index (κ2) is 6.41. The molecule has 1 N–H and O–H groups in total. The lowest BCUT2D eigenvalue weighted by molar-refractivity contribution is 0.815. The molecule has 1 heteroatoms. The first-order chi connectivity index (χ1) is 3.91. The van der Waals surface area contributed by atoms with Crippen LogP contribution in [-0.2, 0) is 0 Å². The lowest BCUT2D eigenvalue weighted by Crippen LogP contribution is -1.66. The molecular weight excluding hydrogens is 98.1 g/mol. The second-order valence-electron chi connectivity index (χ2n) is 1.74. The highest BCUT2D eigenvalue weighted by molar-refractivity contribution is 5.67. The molecule has 0 radical (unpaired) electrons. The molecule has 0 rings (SSSR count). The van der Waals surface area contributed by atoms with E-state index in [2.05, 4.69) is 6.92 Å². The minimum Gasteiger partial charge on any atom is -0.309 e. The fourth-order valence-corrected chi connectivity index (χ4v) is 0.486. The van der Waals surface area contributed by atoms with Crippen LogP contribution in [0.2, 0.25) is 0 Å². The van der Waals surface area contributed by atoms with E-state index in [-0.39, 0.29) is 0 Å². The predicted octanol–water partition coefficient (Wildman–Crippen LogP) is 2.38. The maximum atomic E-state index is 6.63. The summed E-state index contributed by atoms with van der Waals surface area (Å²) in [4.78, 5) is 0. The van der Waals surface area contributed by atoms with Crippen molar-refractivity contribution in [3.05, 3.63) is 12.2 Å². The van der Waals surface area contributed by atoms with Crippen LogP contribution in [0.4, 0.5) is 0 Å². The van der Waals surface area contributed by atoms with E-state index in [0.717, 1.165) is 6.42 Å². The van der Waals surface area contributed by atoms with Gasteiger partial charge in [-0.25, -0.2) is 0 Å². The van der Waals surface area contributed by atoms with Crippen LogP contribution in [0, 0.1) is 5.41 Å². The summed E-state index contributed by atoms with van der Waals surface area (Å²) >= 11 is 0. The summed E-state index contributed by atoms with van der Waals surface area (Å²) < 4.78 is 0. The minimum atomic E-state index is 1.12. The SMILES string of the molecule is CCCCC=CC=N. The van der Waals surface area contributed by atoms with Gasteiger partial charge in [-0.3, -0.25) is 0 Å². The molecule has 0 aromatic carbocycles. The highest BCUT2D eigenvalue weighted by Crippen LogP contribution is 1.93. The Morgan fingerprint density at radius 3 is 2.75 bits per heavy atom. The smallest absolute Gasteiger partial charge is 0.0174 e. The van der Waals surface area contributed by atoms with Crippen LogP contribution in [0.3, 0.4) is 0 Å². The molecule has 0 aromatic heterocycles. The van der Waals surface area contributed by atoms with E-state index in [1.54, 1.807) is 6.08 Å². The van der Waals surface area contributed by atoms with Crippen molar-refractivity contribution in [3.63, 3.8) is 0 Å². The van der Waals surface area contributed by atoms with Crippen molar-refractivity contribution in [2.75, 3.05) is 0 Å². The topological polar surface area (TPSA) is 23.9 Å². The first-order valence-corrected chi connectivity index (χ1v) is 3.07. The van der Waals surface area contributed by atoms with Gasteiger partial charge in [0, 0.05) is 6.21 Å². The molecule has 0 atom stereocenters. The zero-order chi connectivity index (χ0) is 6.24. The Bertz CT molecular complexity index is 74.5. The standard InChI is InChI=1S/C7H13N/c1-2-3-4-5-6-7-8/h5-8H,2-4H2,1H3. The Morgan fingerprint density at radius 1 is 1.50 bits per heavy atom. The summed E-state index contributed by atoms with van der Waals surface area (Å²) in [6, 6.07) is 0. The zero-order valence-electron chi connectivity index (χ0n) is 5.35. The predicted molar refractivity (Wildman–Crippen MR) is 37.4 cm³/mol. The molecule has 0 spiro atoms. The van der Waals surface area contributed by atoms with E-state index in [9.17, 15) is 0 Å². The van der Waals surface area contributed by atoms with Gasteiger partial charge in [0.15, 0.2) is 0 Å².